The van der Waals surface area contributed by atoms with E-state index in [1.54, 1.807) is 0 Å². The number of hydrogen-bond acceptors (Lipinski definition) is 0. The molecule has 0 aliphatic rings. The molecule has 21 heavy (non-hydrogen) atoms. The molecule has 0 fully saturated rings. The molecule has 0 radical (unpaired) electrons. The lowest BCUT2D eigenvalue weighted by Crippen LogP contribution is -2.10. The topological polar surface area (TPSA) is 0 Å². The first-order valence-corrected chi connectivity index (χ1v) is 7.62. The Morgan fingerprint density at radius 1 is 0.952 bits per heavy atom. The first-order chi connectivity index (χ1) is 9.77. The molecule has 2 aromatic rings. The molecule has 0 heterocycles. The molecular formula is C21H26. The lowest BCUT2D eigenvalue weighted by Gasteiger charge is -2.19. The molecule has 110 valence electrons. The smallest absolute Gasteiger partial charge is 0.00257 e. The molecule has 0 nitrogen and oxygen atoms in total. The summed E-state index contributed by atoms with van der Waals surface area (Å²) >= 11 is 0. The molecule has 0 N–H and O–H groups in total. The Hall–Kier alpha value is -1.82. The molecular weight excluding hydrogens is 252 g/mol. The minimum absolute atomic E-state index is 0.220. The minimum Gasteiger partial charge on any atom is -0.0955 e. The molecule has 0 atom stereocenters. The summed E-state index contributed by atoms with van der Waals surface area (Å²) in [6.07, 6.45) is 0.988. The number of rotatable bonds is 3. The van der Waals surface area contributed by atoms with Crippen LogP contribution in [0.3, 0.4) is 0 Å². The first-order valence-electron chi connectivity index (χ1n) is 7.62. The zero-order valence-electron chi connectivity index (χ0n) is 14.0. The van der Waals surface area contributed by atoms with Gasteiger partial charge in [-0.25, -0.2) is 0 Å². The van der Waals surface area contributed by atoms with Gasteiger partial charge in [-0.15, -0.1) is 0 Å². The highest BCUT2D eigenvalue weighted by Gasteiger charge is 2.12. The highest BCUT2D eigenvalue weighted by molar-refractivity contribution is 5.64. The summed E-state index contributed by atoms with van der Waals surface area (Å²) in [5.74, 6) is 0. The number of aryl methyl sites for hydroxylation is 1. The van der Waals surface area contributed by atoms with Crippen LogP contribution in [0.4, 0.5) is 0 Å². The van der Waals surface area contributed by atoms with Crippen molar-refractivity contribution in [1.82, 2.24) is 0 Å². The molecule has 0 aliphatic carbocycles. The van der Waals surface area contributed by atoms with E-state index in [2.05, 4.69) is 83.7 Å². The van der Waals surface area contributed by atoms with Gasteiger partial charge in [0.15, 0.2) is 0 Å². The van der Waals surface area contributed by atoms with Crippen molar-refractivity contribution in [3.63, 3.8) is 0 Å². The Balaban J connectivity index is 2.19. The second-order valence-corrected chi connectivity index (χ2v) is 7.05. The second kappa shape index (κ2) is 5.89. The van der Waals surface area contributed by atoms with E-state index in [1.807, 2.05) is 0 Å². The fraction of sp³-hybridized carbons (Fsp3) is 0.333. The Morgan fingerprint density at radius 2 is 1.52 bits per heavy atom. The van der Waals surface area contributed by atoms with Gasteiger partial charge >= 0.3 is 0 Å². The maximum Gasteiger partial charge on any atom is -0.00257 e. The number of benzene rings is 2. The monoisotopic (exact) mass is 278 g/mol. The third kappa shape index (κ3) is 3.85. The van der Waals surface area contributed by atoms with Gasteiger partial charge in [-0.1, -0.05) is 75.4 Å². The van der Waals surface area contributed by atoms with E-state index in [0.717, 1.165) is 12.0 Å². The maximum atomic E-state index is 4.03. The van der Waals surface area contributed by atoms with Crippen LogP contribution in [0.25, 0.3) is 5.57 Å². The van der Waals surface area contributed by atoms with Crippen molar-refractivity contribution >= 4 is 5.57 Å². The molecule has 0 bridgehead atoms. The van der Waals surface area contributed by atoms with Crippen LogP contribution in [0.5, 0.6) is 0 Å². The van der Waals surface area contributed by atoms with Crippen molar-refractivity contribution in [3.8, 4) is 0 Å². The quantitative estimate of drug-likeness (QED) is 0.654. The lowest BCUT2D eigenvalue weighted by molar-refractivity contribution is 0.590. The normalized spacial score (nSPS) is 11.5. The average molecular weight is 278 g/mol. The van der Waals surface area contributed by atoms with E-state index >= 15 is 0 Å². The summed E-state index contributed by atoms with van der Waals surface area (Å²) in [4.78, 5) is 0. The highest BCUT2D eigenvalue weighted by atomic mass is 14.2. The van der Waals surface area contributed by atoms with E-state index < -0.39 is 0 Å². The van der Waals surface area contributed by atoms with Crippen molar-refractivity contribution in [2.24, 2.45) is 0 Å². The van der Waals surface area contributed by atoms with Gasteiger partial charge in [0.05, 0.1) is 0 Å². The van der Waals surface area contributed by atoms with Gasteiger partial charge in [-0.3, -0.25) is 0 Å². The fourth-order valence-electron chi connectivity index (χ4n) is 2.67. The zero-order valence-corrected chi connectivity index (χ0v) is 14.0. The summed E-state index contributed by atoms with van der Waals surface area (Å²) in [7, 11) is 0. The number of allylic oxidation sites excluding steroid dienone is 1. The van der Waals surface area contributed by atoms with Crippen LogP contribution in [0.15, 0.2) is 49.0 Å². The third-order valence-electron chi connectivity index (χ3n) is 3.98. The van der Waals surface area contributed by atoms with E-state index in [4.69, 9.17) is 0 Å². The minimum atomic E-state index is 0.220. The molecule has 0 saturated carbocycles. The lowest BCUT2D eigenvalue weighted by atomic mass is 9.86. The van der Waals surface area contributed by atoms with Crippen molar-refractivity contribution < 1.29 is 0 Å². The van der Waals surface area contributed by atoms with Crippen LogP contribution < -0.4 is 0 Å². The zero-order chi connectivity index (χ0) is 15.6. The molecule has 0 saturated heterocycles. The van der Waals surface area contributed by atoms with Gasteiger partial charge in [-0.05, 0) is 53.5 Å². The standard InChI is InChI=1S/C21H26/c1-15(2)20-12-9-18(13-16(20)3)14-17-7-10-19(11-8-17)21(4,5)6/h7-13H,1,14H2,2-6H3. The molecule has 2 rings (SSSR count). The van der Waals surface area contributed by atoms with Crippen LogP contribution in [-0.4, -0.2) is 0 Å². The van der Waals surface area contributed by atoms with Gasteiger partial charge in [0.25, 0.3) is 0 Å². The Bertz CT molecular complexity index is 637. The highest BCUT2D eigenvalue weighted by Crippen LogP contribution is 2.24. The third-order valence-corrected chi connectivity index (χ3v) is 3.98. The Labute approximate surface area is 129 Å². The maximum absolute atomic E-state index is 4.03. The van der Waals surface area contributed by atoms with Crippen LogP contribution in [0, 0.1) is 6.92 Å². The van der Waals surface area contributed by atoms with Crippen LogP contribution in [0.2, 0.25) is 0 Å². The summed E-state index contributed by atoms with van der Waals surface area (Å²) in [5.41, 5.74) is 8.05. The van der Waals surface area contributed by atoms with E-state index in [1.165, 1.54) is 27.8 Å². The number of hydrogen-bond donors (Lipinski definition) is 0. The van der Waals surface area contributed by atoms with E-state index in [9.17, 15) is 0 Å². The SMILES string of the molecule is C=C(C)c1ccc(Cc2ccc(C(C)(C)C)cc2)cc1C. The van der Waals surface area contributed by atoms with Crippen molar-refractivity contribution in [2.45, 2.75) is 46.5 Å². The van der Waals surface area contributed by atoms with Crippen LogP contribution in [0.1, 0.15) is 55.5 Å². The summed E-state index contributed by atoms with van der Waals surface area (Å²) in [6, 6.07) is 15.7. The Kier molecular flexibility index (Phi) is 4.37. The van der Waals surface area contributed by atoms with Crippen LogP contribution in [-0.2, 0) is 11.8 Å². The van der Waals surface area contributed by atoms with Gasteiger partial charge in [-0.2, -0.15) is 0 Å². The van der Waals surface area contributed by atoms with Crippen molar-refractivity contribution in [1.29, 1.82) is 0 Å². The van der Waals surface area contributed by atoms with E-state index in [0.29, 0.717) is 0 Å². The van der Waals surface area contributed by atoms with Crippen molar-refractivity contribution in [2.75, 3.05) is 0 Å². The molecule has 0 amide bonds. The average Bonchev–Trinajstić information content (AvgIpc) is 2.38. The largest absolute Gasteiger partial charge is 0.0955 e. The first kappa shape index (κ1) is 15.6. The predicted octanol–water partition coefficient (Wildman–Crippen LogP) is 5.92. The van der Waals surface area contributed by atoms with Gasteiger partial charge in [0.2, 0.25) is 0 Å². The predicted molar refractivity (Wildman–Crippen MR) is 93.8 cm³/mol. The van der Waals surface area contributed by atoms with Gasteiger partial charge < -0.3 is 0 Å². The molecule has 0 aliphatic heterocycles. The molecule has 0 heteroatoms. The molecule has 0 spiro atoms. The summed E-state index contributed by atoms with van der Waals surface area (Å²) < 4.78 is 0. The second-order valence-electron chi connectivity index (χ2n) is 7.05. The molecule has 0 unspecified atom stereocenters. The molecule has 2 aromatic carbocycles. The van der Waals surface area contributed by atoms with E-state index in [-0.39, 0.29) is 5.41 Å². The molecule has 0 aromatic heterocycles. The van der Waals surface area contributed by atoms with Crippen molar-refractivity contribution in [3.05, 3.63) is 76.9 Å². The van der Waals surface area contributed by atoms with Gasteiger partial charge in [0, 0.05) is 0 Å². The summed E-state index contributed by atoms with van der Waals surface area (Å²) in [6.45, 7) is 15.0. The Morgan fingerprint density at radius 3 is 2.00 bits per heavy atom. The fourth-order valence-corrected chi connectivity index (χ4v) is 2.67. The summed E-state index contributed by atoms with van der Waals surface area (Å²) in [5, 5.41) is 0. The van der Waals surface area contributed by atoms with Gasteiger partial charge in [0.1, 0.15) is 0 Å². The van der Waals surface area contributed by atoms with Crippen LogP contribution >= 0.6 is 0 Å².